The van der Waals surface area contributed by atoms with Gasteiger partial charge in [-0.25, -0.2) is 4.99 Å². The van der Waals surface area contributed by atoms with E-state index in [2.05, 4.69) is 33.7 Å². The van der Waals surface area contributed by atoms with Gasteiger partial charge < -0.3 is 0 Å². The fraction of sp³-hybridized carbons (Fsp3) is 0.375. The first-order valence-corrected chi connectivity index (χ1v) is 3.79. The average molecular weight is 166 g/mol. The quantitative estimate of drug-likeness (QED) is 0.685. The van der Waals surface area contributed by atoms with Crippen molar-refractivity contribution in [1.82, 2.24) is 15.4 Å². The van der Waals surface area contributed by atoms with Gasteiger partial charge in [0.05, 0.1) is 0 Å². The van der Waals surface area contributed by atoms with Crippen molar-refractivity contribution in [2.24, 2.45) is 4.99 Å². The lowest BCUT2D eigenvalue weighted by Crippen LogP contribution is -1.76. The summed E-state index contributed by atoms with van der Waals surface area (Å²) in [5, 5.41) is 9.98. The number of nitrogens with one attached hydrogen (secondary N) is 1. The van der Waals surface area contributed by atoms with Crippen LogP contribution in [0.2, 0.25) is 0 Å². The van der Waals surface area contributed by atoms with E-state index < -0.39 is 0 Å². The maximum absolute atomic E-state index is 3.82. The normalized spacial score (nSPS) is 8.25. The molecule has 0 amide bonds. The van der Waals surface area contributed by atoms with Crippen molar-refractivity contribution in [2.45, 2.75) is 20.8 Å². The van der Waals surface area contributed by atoms with E-state index >= 15 is 0 Å². The maximum atomic E-state index is 3.82. The minimum Gasteiger partial charge on any atom is -0.242 e. The minimum atomic E-state index is 0.507. The van der Waals surface area contributed by atoms with Gasteiger partial charge in [-0.2, -0.15) is 10.3 Å². The monoisotopic (exact) mass is 166 g/mol. The predicted molar refractivity (Wildman–Crippen MR) is 51.6 cm³/mol. The van der Waals surface area contributed by atoms with Crippen LogP contribution in [0.3, 0.4) is 0 Å². The Hall–Kier alpha value is -1.45. The second-order valence-electron chi connectivity index (χ2n) is 1.93. The number of allylic oxidation sites excluding steroid dienone is 1. The van der Waals surface area contributed by atoms with Gasteiger partial charge in [0.25, 0.3) is 0 Å². The Balaban J connectivity index is 0.000000561. The van der Waals surface area contributed by atoms with E-state index in [1.807, 2.05) is 20.8 Å². The molecule has 0 aliphatic heterocycles. The van der Waals surface area contributed by atoms with Crippen LogP contribution in [0, 0.1) is 0 Å². The van der Waals surface area contributed by atoms with Crippen LogP contribution in [0.5, 0.6) is 0 Å². The molecule has 0 radical (unpaired) electrons. The molecule has 1 N–H and O–H groups in total. The molecular weight excluding hydrogens is 152 g/mol. The van der Waals surface area contributed by atoms with Crippen LogP contribution in [0.25, 0.3) is 5.57 Å². The lowest BCUT2D eigenvalue weighted by molar-refractivity contribution is 0.935. The number of aromatic amines is 1. The summed E-state index contributed by atoms with van der Waals surface area (Å²) < 4.78 is 0. The third-order valence-electron chi connectivity index (χ3n) is 1.08. The zero-order valence-electron chi connectivity index (χ0n) is 7.76. The standard InChI is InChI=1S/C6H8N4.C2H6/c1-4(2)5-6(7-3)9-10-8-5;1-2/h1,3H2,2H3,(H,8,9,10);1-2H3. The lowest BCUT2D eigenvalue weighted by Gasteiger charge is -1.89. The minimum absolute atomic E-state index is 0.507. The molecule has 0 unspecified atom stereocenters. The molecule has 4 heteroatoms. The third kappa shape index (κ3) is 2.30. The van der Waals surface area contributed by atoms with Crippen molar-refractivity contribution in [1.29, 1.82) is 0 Å². The summed E-state index contributed by atoms with van der Waals surface area (Å²) in [6.07, 6.45) is 0. The van der Waals surface area contributed by atoms with Crippen LogP contribution in [0.4, 0.5) is 5.82 Å². The molecule has 0 spiro atoms. The van der Waals surface area contributed by atoms with Gasteiger partial charge in [-0.1, -0.05) is 20.4 Å². The Labute approximate surface area is 72.4 Å². The first-order valence-electron chi connectivity index (χ1n) is 3.79. The second kappa shape index (κ2) is 5.23. The summed E-state index contributed by atoms with van der Waals surface area (Å²) in [6, 6.07) is 0. The van der Waals surface area contributed by atoms with Crippen molar-refractivity contribution in [3.8, 4) is 0 Å². The molecule has 0 saturated carbocycles. The molecule has 1 heterocycles. The number of hydrogen-bond donors (Lipinski definition) is 1. The largest absolute Gasteiger partial charge is 0.242 e. The molecule has 66 valence electrons. The number of aliphatic imine (C=N–C) groups is 1. The summed E-state index contributed by atoms with van der Waals surface area (Å²) in [7, 11) is 0. The van der Waals surface area contributed by atoms with E-state index in [1.54, 1.807) is 0 Å². The van der Waals surface area contributed by atoms with E-state index in [9.17, 15) is 0 Å². The first-order chi connectivity index (χ1) is 5.75. The molecule has 0 aliphatic rings. The van der Waals surface area contributed by atoms with E-state index in [-0.39, 0.29) is 0 Å². The summed E-state index contributed by atoms with van der Waals surface area (Å²) in [5.41, 5.74) is 1.51. The molecule has 1 rings (SSSR count). The predicted octanol–water partition coefficient (Wildman–Crippen LogP) is 2.20. The summed E-state index contributed by atoms with van der Waals surface area (Å²) in [4.78, 5) is 3.64. The zero-order chi connectivity index (χ0) is 9.56. The third-order valence-corrected chi connectivity index (χ3v) is 1.08. The Kier molecular flexibility index (Phi) is 4.60. The highest BCUT2D eigenvalue weighted by atomic mass is 15.4. The van der Waals surface area contributed by atoms with Gasteiger partial charge in [-0.15, -0.1) is 5.10 Å². The van der Waals surface area contributed by atoms with Crippen molar-refractivity contribution in [2.75, 3.05) is 0 Å². The molecule has 0 aromatic carbocycles. The van der Waals surface area contributed by atoms with Gasteiger partial charge in [-0.05, 0) is 19.2 Å². The molecule has 0 bridgehead atoms. The summed E-state index contributed by atoms with van der Waals surface area (Å²) >= 11 is 0. The van der Waals surface area contributed by atoms with Crippen molar-refractivity contribution >= 4 is 18.1 Å². The Bertz CT molecular complexity index is 262. The van der Waals surface area contributed by atoms with Gasteiger partial charge in [-0.3, -0.25) is 0 Å². The number of H-pyrrole nitrogens is 1. The molecule has 1 aromatic rings. The molecular formula is C8H14N4. The van der Waals surface area contributed by atoms with Crippen molar-refractivity contribution in [3.63, 3.8) is 0 Å². The fourth-order valence-corrected chi connectivity index (χ4v) is 0.622. The van der Waals surface area contributed by atoms with E-state index in [0.717, 1.165) is 5.57 Å². The number of nitrogens with zero attached hydrogens (tertiary/aromatic N) is 3. The first kappa shape index (κ1) is 10.6. The maximum Gasteiger partial charge on any atom is 0.201 e. The Morgan fingerprint density at radius 2 is 2.00 bits per heavy atom. The van der Waals surface area contributed by atoms with Crippen molar-refractivity contribution in [3.05, 3.63) is 12.3 Å². The van der Waals surface area contributed by atoms with E-state index in [1.165, 1.54) is 0 Å². The topological polar surface area (TPSA) is 53.9 Å². The number of aromatic nitrogens is 3. The van der Waals surface area contributed by atoms with Crippen LogP contribution in [0.15, 0.2) is 11.6 Å². The van der Waals surface area contributed by atoms with Crippen molar-refractivity contribution < 1.29 is 0 Å². The molecule has 0 aliphatic carbocycles. The average Bonchev–Trinajstić information content (AvgIpc) is 2.55. The SMILES string of the molecule is C=Nc1n[nH]nc1C(=C)C.CC. The number of hydrogen-bond acceptors (Lipinski definition) is 3. The molecule has 4 nitrogen and oxygen atoms in total. The van der Waals surface area contributed by atoms with Crippen LogP contribution in [0.1, 0.15) is 26.5 Å². The molecule has 12 heavy (non-hydrogen) atoms. The lowest BCUT2D eigenvalue weighted by atomic mass is 10.2. The van der Waals surface area contributed by atoms with Crippen LogP contribution < -0.4 is 0 Å². The molecule has 0 atom stereocenters. The van der Waals surface area contributed by atoms with Gasteiger partial charge in [0.2, 0.25) is 5.82 Å². The summed E-state index contributed by atoms with van der Waals surface area (Å²) in [5.74, 6) is 0.507. The van der Waals surface area contributed by atoms with Gasteiger partial charge in [0.1, 0.15) is 5.69 Å². The summed E-state index contributed by atoms with van der Waals surface area (Å²) in [6.45, 7) is 12.9. The van der Waals surface area contributed by atoms with Crippen LogP contribution in [-0.4, -0.2) is 22.1 Å². The highest BCUT2D eigenvalue weighted by Gasteiger charge is 2.04. The highest BCUT2D eigenvalue weighted by Crippen LogP contribution is 2.17. The smallest absolute Gasteiger partial charge is 0.201 e. The van der Waals surface area contributed by atoms with Gasteiger partial charge in [0, 0.05) is 0 Å². The van der Waals surface area contributed by atoms with Crippen LogP contribution in [-0.2, 0) is 0 Å². The Morgan fingerprint density at radius 3 is 2.33 bits per heavy atom. The van der Waals surface area contributed by atoms with E-state index in [4.69, 9.17) is 0 Å². The molecule has 0 saturated heterocycles. The van der Waals surface area contributed by atoms with Crippen LogP contribution >= 0.6 is 0 Å². The fourth-order valence-electron chi connectivity index (χ4n) is 0.622. The Morgan fingerprint density at radius 1 is 1.42 bits per heavy atom. The number of rotatable bonds is 2. The zero-order valence-corrected chi connectivity index (χ0v) is 7.76. The van der Waals surface area contributed by atoms with Gasteiger partial charge >= 0.3 is 0 Å². The molecule has 0 fully saturated rings. The van der Waals surface area contributed by atoms with Gasteiger partial charge in [0.15, 0.2) is 0 Å². The highest BCUT2D eigenvalue weighted by molar-refractivity contribution is 5.66. The van der Waals surface area contributed by atoms with E-state index in [0.29, 0.717) is 11.5 Å². The second-order valence-corrected chi connectivity index (χ2v) is 1.93. The molecule has 1 aromatic heterocycles.